The van der Waals surface area contributed by atoms with E-state index in [0.717, 1.165) is 38.3 Å². The van der Waals surface area contributed by atoms with Crippen molar-refractivity contribution in [3.63, 3.8) is 0 Å². The number of nitrogens with two attached hydrogens (primary N) is 1. The molecule has 2 aromatic heterocycles. The molecule has 5 rings (SSSR count). The third-order valence-corrected chi connectivity index (χ3v) is 5.26. The Morgan fingerprint density at radius 3 is 2.41 bits per heavy atom. The Hall–Kier alpha value is -3.37. The number of benzene rings is 3. The number of fused-ring (bicyclic) bond motifs is 4. The van der Waals surface area contributed by atoms with E-state index in [2.05, 4.69) is 22.1 Å². The van der Waals surface area contributed by atoms with E-state index in [4.69, 9.17) is 5.73 Å². The molecule has 2 heterocycles. The zero-order valence-electron chi connectivity index (χ0n) is 14.7. The molecule has 4 nitrogen and oxygen atoms in total. The molecule has 0 fully saturated rings. The number of carbonyl (C=O) groups is 1. The maximum Gasteiger partial charge on any atom is 0.181 e. The average molecular weight is 353 g/mol. The minimum absolute atomic E-state index is 0.0440. The lowest BCUT2D eigenvalue weighted by Gasteiger charge is -2.11. The Balaban J connectivity index is 1.53. The summed E-state index contributed by atoms with van der Waals surface area (Å²) in [6, 6.07) is 21.4. The fourth-order valence-corrected chi connectivity index (χ4v) is 3.91. The maximum atomic E-state index is 13.1. The lowest BCUT2D eigenvalue weighted by molar-refractivity contribution is 0.0962. The van der Waals surface area contributed by atoms with Gasteiger partial charge in [-0.3, -0.25) is 4.79 Å². The molecular formula is C23H19N3O. The molecule has 0 aliphatic rings. The molecule has 0 saturated carbocycles. The second kappa shape index (κ2) is 6.11. The predicted octanol–water partition coefficient (Wildman–Crippen LogP) is 4.56. The number of rotatable bonds is 4. The van der Waals surface area contributed by atoms with Gasteiger partial charge in [0.15, 0.2) is 5.78 Å². The fraction of sp³-hybridized carbons (Fsp3) is 0.0870. The molecule has 0 unspecified atom stereocenters. The van der Waals surface area contributed by atoms with Crippen LogP contribution in [0.4, 0.5) is 0 Å². The molecule has 27 heavy (non-hydrogen) atoms. The molecule has 0 spiro atoms. The lowest BCUT2D eigenvalue weighted by Crippen LogP contribution is -2.32. The van der Waals surface area contributed by atoms with Gasteiger partial charge >= 0.3 is 0 Å². The Morgan fingerprint density at radius 1 is 0.852 bits per heavy atom. The van der Waals surface area contributed by atoms with Crippen LogP contribution in [0.2, 0.25) is 0 Å². The van der Waals surface area contributed by atoms with E-state index in [0.29, 0.717) is 12.0 Å². The number of H-pyrrole nitrogens is 2. The van der Waals surface area contributed by atoms with Gasteiger partial charge in [0, 0.05) is 39.0 Å². The van der Waals surface area contributed by atoms with Gasteiger partial charge in [-0.05, 0) is 30.2 Å². The van der Waals surface area contributed by atoms with Gasteiger partial charge in [0.25, 0.3) is 0 Å². The topological polar surface area (TPSA) is 74.7 Å². The van der Waals surface area contributed by atoms with Crippen LogP contribution in [-0.4, -0.2) is 21.8 Å². The van der Waals surface area contributed by atoms with E-state index in [1.165, 1.54) is 0 Å². The van der Waals surface area contributed by atoms with Gasteiger partial charge in [-0.2, -0.15) is 0 Å². The number of aromatic nitrogens is 2. The molecule has 5 aromatic rings. The summed E-state index contributed by atoms with van der Waals surface area (Å²) < 4.78 is 0. The summed E-state index contributed by atoms with van der Waals surface area (Å²) in [6.07, 6.45) is 2.45. The van der Waals surface area contributed by atoms with E-state index in [9.17, 15) is 4.79 Å². The smallest absolute Gasteiger partial charge is 0.181 e. The molecule has 1 atom stereocenters. The lowest BCUT2D eigenvalue weighted by atomic mass is 9.96. The maximum absolute atomic E-state index is 13.1. The fourth-order valence-electron chi connectivity index (χ4n) is 3.91. The number of para-hydroxylation sites is 3. The Kier molecular flexibility index (Phi) is 3.59. The Morgan fingerprint density at radius 2 is 1.56 bits per heavy atom. The van der Waals surface area contributed by atoms with Crippen molar-refractivity contribution in [3.05, 3.63) is 84.1 Å². The van der Waals surface area contributed by atoms with Gasteiger partial charge < -0.3 is 15.7 Å². The van der Waals surface area contributed by atoms with Gasteiger partial charge in [0.05, 0.1) is 11.6 Å². The number of carbonyl (C=O) groups excluding carboxylic acids is 1. The van der Waals surface area contributed by atoms with Crippen molar-refractivity contribution in [2.45, 2.75) is 12.5 Å². The largest absolute Gasteiger partial charge is 0.361 e. The minimum atomic E-state index is -0.596. The Labute approximate surface area is 156 Å². The highest BCUT2D eigenvalue weighted by Gasteiger charge is 2.21. The van der Waals surface area contributed by atoms with Crippen LogP contribution in [0.15, 0.2) is 72.9 Å². The summed E-state index contributed by atoms with van der Waals surface area (Å²) in [4.78, 5) is 19.8. The summed E-state index contributed by atoms with van der Waals surface area (Å²) in [7, 11) is 0. The minimum Gasteiger partial charge on any atom is -0.361 e. The van der Waals surface area contributed by atoms with Crippen LogP contribution >= 0.6 is 0 Å². The van der Waals surface area contributed by atoms with E-state index in [-0.39, 0.29) is 5.78 Å². The number of nitrogens with one attached hydrogen (secondary N) is 2. The summed E-state index contributed by atoms with van der Waals surface area (Å²) >= 11 is 0. The second-order valence-corrected chi connectivity index (χ2v) is 6.93. The van der Waals surface area contributed by atoms with Gasteiger partial charge in [-0.1, -0.05) is 48.5 Å². The van der Waals surface area contributed by atoms with Crippen LogP contribution in [0.1, 0.15) is 15.9 Å². The van der Waals surface area contributed by atoms with E-state index in [1.807, 2.05) is 60.8 Å². The first-order valence-corrected chi connectivity index (χ1v) is 9.06. The number of hydrogen-bond donors (Lipinski definition) is 3. The van der Waals surface area contributed by atoms with Crippen molar-refractivity contribution in [1.29, 1.82) is 0 Å². The summed E-state index contributed by atoms with van der Waals surface area (Å²) in [5, 5.41) is 3.28. The quantitative estimate of drug-likeness (QED) is 0.415. The molecule has 0 saturated heterocycles. The molecule has 0 aliphatic carbocycles. The van der Waals surface area contributed by atoms with Crippen molar-refractivity contribution in [3.8, 4) is 0 Å². The zero-order valence-corrected chi connectivity index (χ0v) is 14.7. The van der Waals surface area contributed by atoms with Gasteiger partial charge in [0.1, 0.15) is 0 Å². The van der Waals surface area contributed by atoms with Gasteiger partial charge in [-0.25, -0.2) is 0 Å². The molecule has 0 amide bonds. The summed E-state index contributed by atoms with van der Waals surface area (Å²) in [6.45, 7) is 0. The van der Waals surface area contributed by atoms with Crippen molar-refractivity contribution in [1.82, 2.24) is 9.97 Å². The van der Waals surface area contributed by atoms with Crippen molar-refractivity contribution in [2.24, 2.45) is 5.73 Å². The molecule has 0 aliphatic heterocycles. The molecular weight excluding hydrogens is 334 g/mol. The van der Waals surface area contributed by atoms with Crippen LogP contribution < -0.4 is 5.73 Å². The molecule has 132 valence electrons. The SMILES string of the molecule is N[C@@H](Cc1c[nH]c2ccccc12)C(=O)c1cccc2c1[nH]c1ccccc12. The molecule has 4 heteroatoms. The first-order chi connectivity index (χ1) is 13.2. The highest BCUT2D eigenvalue weighted by Crippen LogP contribution is 2.28. The average Bonchev–Trinajstić information content (AvgIpc) is 3.29. The number of hydrogen-bond acceptors (Lipinski definition) is 2. The first-order valence-electron chi connectivity index (χ1n) is 9.06. The number of ketones is 1. The van der Waals surface area contributed by atoms with Crippen LogP contribution in [0, 0.1) is 0 Å². The normalized spacial score (nSPS) is 12.8. The summed E-state index contributed by atoms with van der Waals surface area (Å²) in [5.41, 5.74) is 11.0. The third-order valence-electron chi connectivity index (χ3n) is 5.26. The van der Waals surface area contributed by atoms with Gasteiger partial charge in [0.2, 0.25) is 0 Å². The molecule has 3 aromatic carbocycles. The van der Waals surface area contributed by atoms with Crippen LogP contribution in [-0.2, 0) is 6.42 Å². The summed E-state index contributed by atoms with van der Waals surface area (Å²) in [5.74, 6) is -0.0440. The molecule has 4 N–H and O–H groups in total. The van der Waals surface area contributed by atoms with Crippen LogP contribution in [0.3, 0.4) is 0 Å². The highest BCUT2D eigenvalue weighted by atomic mass is 16.1. The van der Waals surface area contributed by atoms with E-state index >= 15 is 0 Å². The van der Waals surface area contributed by atoms with Crippen LogP contribution in [0.25, 0.3) is 32.7 Å². The molecule has 0 bridgehead atoms. The predicted molar refractivity (Wildman–Crippen MR) is 110 cm³/mol. The Bertz CT molecular complexity index is 1290. The third kappa shape index (κ3) is 2.54. The first kappa shape index (κ1) is 15.9. The molecule has 0 radical (unpaired) electrons. The number of Topliss-reactive ketones (excluding diaryl/α,β-unsaturated/α-hetero) is 1. The van der Waals surface area contributed by atoms with E-state index in [1.54, 1.807) is 0 Å². The number of aromatic amines is 2. The van der Waals surface area contributed by atoms with E-state index < -0.39 is 6.04 Å². The monoisotopic (exact) mass is 353 g/mol. The zero-order chi connectivity index (χ0) is 18.4. The van der Waals surface area contributed by atoms with Crippen molar-refractivity contribution >= 4 is 38.5 Å². The van der Waals surface area contributed by atoms with Gasteiger partial charge in [-0.15, -0.1) is 0 Å². The second-order valence-electron chi connectivity index (χ2n) is 6.93. The van der Waals surface area contributed by atoms with Crippen molar-refractivity contribution in [2.75, 3.05) is 0 Å². The standard InChI is InChI=1S/C23H19N3O/c24-19(12-14-13-25-20-10-3-1-6-15(14)20)23(27)18-9-5-8-17-16-7-2-4-11-21(16)26-22(17)18/h1-11,13,19,25-26H,12,24H2/t19-/m0/s1. The van der Waals surface area contributed by atoms with Crippen LogP contribution in [0.5, 0.6) is 0 Å². The highest BCUT2D eigenvalue weighted by molar-refractivity contribution is 6.16. The van der Waals surface area contributed by atoms with Crippen molar-refractivity contribution < 1.29 is 4.79 Å².